The highest BCUT2D eigenvalue weighted by Gasteiger charge is 2.54. The second-order valence-corrected chi connectivity index (χ2v) is 9.72. The van der Waals surface area contributed by atoms with Crippen molar-refractivity contribution in [3.8, 4) is 0 Å². The number of likely N-dealkylation sites (tertiary alicyclic amines) is 1. The molecule has 0 radical (unpaired) electrons. The third-order valence-electron chi connectivity index (χ3n) is 8.38. The van der Waals surface area contributed by atoms with E-state index in [4.69, 9.17) is 0 Å². The SMILES string of the molecule is Cc1ccccc1C1(N2CCC3(CC2)C(=O)NCC3c2ccccc2)CCCCC1. The first kappa shape index (κ1) is 19.8. The van der Waals surface area contributed by atoms with E-state index in [0.717, 1.165) is 32.5 Å². The van der Waals surface area contributed by atoms with E-state index in [2.05, 4.69) is 71.7 Å². The van der Waals surface area contributed by atoms with Crippen LogP contribution in [0.3, 0.4) is 0 Å². The van der Waals surface area contributed by atoms with E-state index in [1.807, 2.05) is 0 Å². The molecule has 2 aliphatic heterocycles. The van der Waals surface area contributed by atoms with Crippen LogP contribution in [0.1, 0.15) is 67.6 Å². The summed E-state index contributed by atoms with van der Waals surface area (Å²) in [5.41, 5.74) is 4.18. The molecule has 2 aromatic carbocycles. The Morgan fingerprint density at radius 3 is 2.23 bits per heavy atom. The van der Waals surface area contributed by atoms with E-state index in [9.17, 15) is 4.79 Å². The van der Waals surface area contributed by atoms with Crippen molar-refractivity contribution in [3.63, 3.8) is 0 Å². The molecule has 5 rings (SSSR count). The summed E-state index contributed by atoms with van der Waals surface area (Å²) in [5.74, 6) is 0.582. The summed E-state index contributed by atoms with van der Waals surface area (Å²) in [7, 11) is 0. The molecular weight excluding hydrogens is 368 g/mol. The third kappa shape index (κ3) is 3.10. The van der Waals surface area contributed by atoms with E-state index in [1.165, 1.54) is 48.8 Å². The topological polar surface area (TPSA) is 32.3 Å². The van der Waals surface area contributed by atoms with Gasteiger partial charge in [-0.2, -0.15) is 0 Å². The lowest BCUT2D eigenvalue weighted by molar-refractivity contribution is -0.132. The van der Waals surface area contributed by atoms with Crippen molar-refractivity contribution in [2.45, 2.75) is 63.3 Å². The number of hydrogen-bond donors (Lipinski definition) is 1. The predicted molar refractivity (Wildman–Crippen MR) is 121 cm³/mol. The normalized spacial score (nSPS) is 25.9. The first-order valence-corrected chi connectivity index (χ1v) is 11.8. The fraction of sp³-hybridized carbons (Fsp3) is 0.519. The average Bonchev–Trinajstić information content (AvgIpc) is 3.11. The predicted octanol–water partition coefficient (Wildman–Crippen LogP) is 5.15. The number of amides is 1. The molecule has 0 bridgehead atoms. The molecule has 1 aliphatic carbocycles. The molecule has 1 spiro atoms. The molecule has 2 heterocycles. The lowest BCUT2D eigenvalue weighted by atomic mass is 9.66. The van der Waals surface area contributed by atoms with Gasteiger partial charge in [-0.3, -0.25) is 9.69 Å². The van der Waals surface area contributed by atoms with Gasteiger partial charge in [0.15, 0.2) is 0 Å². The van der Waals surface area contributed by atoms with Gasteiger partial charge in [-0.15, -0.1) is 0 Å². The summed E-state index contributed by atoms with van der Waals surface area (Å²) in [6, 6.07) is 19.7. The van der Waals surface area contributed by atoms with Crippen molar-refractivity contribution in [1.82, 2.24) is 10.2 Å². The molecule has 3 fully saturated rings. The zero-order valence-corrected chi connectivity index (χ0v) is 18.2. The van der Waals surface area contributed by atoms with Crippen molar-refractivity contribution in [3.05, 3.63) is 71.3 Å². The molecule has 0 aromatic heterocycles. The van der Waals surface area contributed by atoms with Gasteiger partial charge in [0, 0.05) is 31.1 Å². The first-order chi connectivity index (χ1) is 14.7. The van der Waals surface area contributed by atoms with Crippen LogP contribution >= 0.6 is 0 Å². The maximum absolute atomic E-state index is 13.1. The summed E-state index contributed by atoms with van der Waals surface area (Å²) in [6.45, 7) is 5.09. The minimum Gasteiger partial charge on any atom is -0.355 e. The van der Waals surface area contributed by atoms with E-state index >= 15 is 0 Å². The monoisotopic (exact) mass is 402 g/mol. The maximum Gasteiger partial charge on any atom is 0.227 e. The summed E-state index contributed by atoms with van der Waals surface area (Å²) in [5, 5.41) is 3.22. The number of benzene rings is 2. The quantitative estimate of drug-likeness (QED) is 0.770. The molecule has 3 heteroatoms. The largest absolute Gasteiger partial charge is 0.355 e. The van der Waals surface area contributed by atoms with Gasteiger partial charge in [0.2, 0.25) is 5.91 Å². The van der Waals surface area contributed by atoms with Gasteiger partial charge in [-0.25, -0.2) is 0 Å². The summed E-state index contributed by atoms with van der Waals surface area (Å²) in [6.07, 6.45) is 8.40. The molecule has 2 saturated heterocycles. The molecule has 1 saturated carbocycles. The van der Waals surface area contributed by atoms with Crippen molar-refractivity contribution >= 4 is 5.91 Å². The number of nitrogens with zero attached hydrogens (tertiary/aromatic N) is 1. The highest BCUT2D eigenvalue weighted by molar-refractivity contribution is 5.86. The highest BCUT2D eigenvalue weighted by atomic mass is 16.2. The molecular formula is C27H34N2O. The second kappa shape index (κ2) is 7.85. The van der Waals surface area contributed by atoms with E-state index in [0.29, 0.717) is 5.92 Å². The number of rotatable bonds is 3. The maximum atomic E-state index is 13.1. The Labute approximate surface area is 180 Å². The summed E-state index contributed by atoms with van der Waals surface area (Å²) >= 11 is 0. The molecule has 2 aromatic rings. The van der Waals surface area contributed by atoms with Crippen LogP contribution in [0.2, 0.25) is 0 Å². The fourth-order valence-electron chi connectivity index (χ4n) is 6.74. The van der Waals surface area contributed by atoms with Gasteiger partial charge in [0.05, 0.1) is 5.41 Å². The van der Waals surface area contributed by atoms with Crippen LogP contribution < -0.4 is 5.32 Å². The van der Waals surface area contributed by atoms with Gasteiger partial charge < -0.3 is 5.32 Å². The highest BCUT2D eigenvalue weighted by Crippen LogP contribution is 2.51. The second-order valence-electron chi connectivity index (χ2n) is 9.72. The Kier molecular flexibility index (Phi) is 5.18. The van der Waals surface area contributed by atoms with Gasteiger partial charge in [0.1, 0.15) is 0 Å². The molecule has 1 N–H and O–H groups in total. The molecule has 3 aliphatic rings. The number of carbonyl (C=O) groups is 1. The molecule has 1 unspecified atom stereocenters. The molecule has 30 heavy (non-hydrogen) atoms. The molecule has 1 amide bonds. The first-order valence-electron chi connectivity index (χ1n) is 11.8. The molecule has 1 atom stereocenters. The van der Waals surface area contributed by atoms with Crippen molar-refractivity contribution in [2.75, 3.05) is 19.6 Å². The van der Waals surface area contributed by atoms with Crippen LogP contribution in [0.25, 0.3) is 0 Å². The van der Waals surface area contributed by atoms with E-state index in [1.54, 1.807) is 0 Å². The lowest BCUT2D eigenvalue weighted by Crippen LogP contribution is -2.55. The number of aryl methyl sites for hydroxylation is 1. The van der Waals surface area contributed by atoms with Gasteiger partial charge in [-0.05, 0) is 49.3 Å². The lowest BCUT2D eigenvalue weighted by Gasteiger charge is -2.52. The van der Waals surface area contributed by atoms with Crippen LogP contribution in [0, 0.1) is 12.3 Å². The van der Waals surface area contributed by atoms with Crippen molar-refractivity contribution in [2.24, 2.45) is 5.41 Å². The van der Waals surface area contributed by atoms with Crippen LogP contribution in [0.15, 0.2) is 54.6 Å². The Hall–Kier alpha value is -2.13. The van der Waals surface area contributed by atoms with Gasteiger partial charge in [0.25, 0.3) is 0 Å². The smallest absolute Gasteiger partial charge is 0.227 e. The Morgan fingerprint density at radius 2 is 1.53 bits per heavy atom. The zero-order chi connectivity index (χ0) is 20.6. The summed E-state index contributed by atoms with van der Waals surface area (Å²) < 4.78 is 0. The minimum absolute atomic E-state index is 0.155. The number of nitrogens with one attached hydrogen (secondary N) is 1. The van der Waals surface area contributed by atoms with Crippen LogP contribution in [-0.4, -0.2) is 30.4 Å². The van der Waals surface area contributed by atoms with E-state index < -0.39 is 0 Å². The minimum atomic E-state index is -0.237. The Morgan fingerprint density at radius 1 is 0.867 bits per heavy atom. The van der Waals surface area contributed by atoms with Crippen molar-refractivity contribution < 1.29 is 4.79 Å². The number of piperidine rings is 1. The number of hydrogen-bond acceptors (Lipinski definition) is 2. The summed E-state index contributed by atoms with van der Waals surface area (Å²) in [4.78, 5) is 15.8. The Balaban J connectivity index is 1.44. The molecule has 3 nitrogen and oxygen atoms in total. The van der Waals surface area contributed by atoms with Crippen LogP contribution in [-0.2, 0) is 10.3 Å². The zero-order valence-electron chi connectivity index (χ0n) is 18.2. The fourth-order valence-corrected chi connectivity index (χ4v) is 6.74. The van der Waals surface area contributed by atoms with Crippen LogP contribution in [0.5, 0.6) is 0 Å². The van der Waals surface area contributed by atoms with Crippen molar-refractivity contribution in [1.29, 1.82) is 0 Å². The number of carbonyl (C=O) groups excluding carboxylic acids is 1. The van der Waals surface area contributed by atoms with E-state index in [-0.39, 0.29) is 16.9 Å². The molecule has 158 valence electrons. The van der Waals surface area contributed by atoms with Gasteiger partial charge in [-0.1, -0.05) is 73.9 Å². The standard InChI is InChI=1S/C27H34N2O/c1-21-10-6-7-13-23(21)27(14-8-3-9-15-27)29-18-16-26(17-19-29)24(20-28-25(26)30)22-11-4-2-5-12-22/h2,4-7,10-13,24H,3,8-9,14-20H2,1H3,(H,28,30). The average molecular weight is 403 g/mol. The van der Waals surface area contributed by atoms with Crippen LogP contribution in [0.4, 0.5) is 0 Å². The van der Waals surface area contributed by atoms with Gasteiger partial charge >= 0.3 is 0 Å². The Bertz CT molecular complexity index is 892. The third-order valence-corrected chi connectivity index (χ3v) is 8.38.